The van der Waals surface area contributed by atoms with E-state index in [1.807, 2.05) is 0 Å². The summed E-state index contributed by atoms with van der Waals surface area (Å²) in [5.41, 5.74) is 3.90. The van der Waals surface area contributed by atoms with E-state index in [1.165, 1.54) is 16.8 Å². The highest BCUT2D eigenvalue weighted by Crippen LogP contribution is 2.27. The third-order valence-electron chi connectivity index (χ3n) is 3.16. The smallest absolute Gasteiger partial charge is 0.0508 e. The van der Waals surface area contributed by atoms with E-state index >= 15 is 0 Å². The van der Waals surface area contributed by atoms with Crippen molar-refractivity contribution >= 4 is 37.5 Å². The van der Waals surface area contributed by atoms with Gasteiger partial charge in [-0.25, -0.2) is 0 Å². The number of hydrogen-bond donors (Lipinski definition) is 0. The van der Waals surface area contributed by atoms with Gasteiger partial charge in [-0.3, -0.25) is 0 Å². The molecule has 0 aliphatic heterocycles. The molecule has 19 heavy (non-hydrogen) atoms. The lowest BCUT2D eigenvalue weighted by Gasteiger charge is -2.21. The van der Waals surface area contributed by atoms with E-state index in [2.05, 4.69) is 92.3 Å². The molecule has 2 rings (SSSR count). The summed E-state index contributed by atoms with van der Waals surface area (Å²) in [6, 6.07) is 17.1. The van der Waals surface area contributed by atoms with Gasteiger partial charge in [0.2, 0.25) is 0 Å². The molecule has 0 amide bonds. The minimum Gasteiger partial charge on any atom is -0.373 e. The van der Waals surface area contributed by atoms with Crippen LogP contribution in [0.3, 0.4) is 0 Å². The van der Waals surface area contributed by atoms with Crippen molar-refractivity contribution in [1.29, 1.82) is 0 Å². The SMILES string of the molecule is CN(CCc1ccccc1)c1ccc(CBr)cc1Br. The maximum Gasteiger partial charge on any atom is 0.0508 e. The van der Waals surface area contributed by atoms with Gasteiger partial charge in [0.05, 0.1) is 5.69 Å². The zero-order valence-electron chi connectivity index (χ0n) is 10.9. The molecule has 3 heteroatoms. The quantitative estimate of drug-likeness (QED) is 0.656. The second-order valence-electron chi connectivity index (χ2n) is 4.58. The molecule has 0 spiro atoms. The minimum absolute atomic E-state index is 0.889. The van der Waals surface area contributed by atoms with E-state index in [-0.39, 0.29) is 0 Å². The van der Waals surface area contributed by atoms with E-state index in [9.17, 15) is 0 Å². The Balaban J connectivity index is 2.02. The lowest BCUT2D eigenvalue weighted by atomic mass is 10.1. The number of likely N-dealkylation sites (N-methyl/N-ethyl adjacent to an activating group) is 1. The average Bonchev–Trinajstić information content (AvgIpc) is 2.45. The van der Waals surface area contributed by atoms with Crippen molar-refractivity contribution in [3.8, 4) is 0 Å². The number of alkyl halides is 1. The highest BCUT2D eigenvalue weighted by molar-refractivity contribution is 9.10. The van der Waals surface area contributed by atoms with Gasteiger partial charge in [-0.2, -0.15) is 0 Å². The van der Waals surface area contributed by atoms with Gasteiger partial charge in [-0.1, -0.05) is 52.3 Å². The van der Waals surface area contributed by atoms with Gasteiger partial charge in [0, 0.05) is 23.4 Å². The van der Waals surface area contributed by atoms with Crippen LogP contribution in [-0.4, -0.2) is 13.6 Å². The normalized spacial score (nSPS) is 10.5. The fourth-order valence-electron chi connectivity index (χ4n) is 2.01. The summed E-state index contributed by atoms with van der Waals surface area (Å²) in [6.07, 6.45) is 1.06. The number of anilines is 1. The number of benzene rings is 2. The van der Waals surface area contributed by atoms with E-state index in [0.717, 1.165) is 22.8 Å². The monoisotopic (exact) mass is 381 g/mol. The number of nitrogens with zero attached hydrogens (tertiary/aromatic N) is 1. The molecule has 1 nitrogen and oxygen atoms in total. The third-order valence-corrected chi connectivity index (χ3v) is 4.44. The van der Waals surface area contributed by atoms with E-state index < -0.39 is 0 Å². The van der Waals surface area contributed by atoms with Gasteiger partial charge in [0.25, 0.3) is 0 Å². The van der Waals surface area contributed by atoms with Crippen LogP contribution in [0.5, 0.6) is 0 Å². The molecule has 0 saturated heterocycles. The average molecular weight is 383 g/mol. The molecule has 0 N–H and O–H groups in total. The second kappa shape index (κ2) is 7.11. The van der Waals surface area contributed by atoms with Crippen LogP contribution in [-0.2, 0) is 11.8 Å². The highest BCUT2D eigenvalue weighted by Gasteiger charge is 2.06. The Labute approximate surface area is 131 Å². The molecular formula is C16H17Br2N. The van der Waals surface area contributed by atoms with Gasteiger partial charge in [-0.15, -0.1) is 0 Å². The topological polar surface area (TPSA) is 3.24 Å². The minimum atomic E-state index is 0.889. The van der Waals surface area contributed by atoms with Crippen LogP contribution < -0.4 is 4.90 Å². The van der Waals surface area contributed by atoms with Crippen LogP contribution >= 0.6 is 31.9 Å². The van der Waals surface area contributed by atoms with Crippen LogP contribution in [0.1, 0.15) is 11.1 Å². The molecule has 0 aliphatic rings. The molecule has 0 unspecified atom stereocenters. The molecule has 0 heterocycles. The summed E-state index contributed by atoms with van der Waals surface area (Å²) in [7, 11) is 2.14. The van der Waals surface area contributed by atoms with Crippen LogP contribution in [0.25, 0.3) is 0 Å². The molecule has 0 bridgehead atoms. The zero-order valence-corrected chi connectivity index (χ0v) is 14.1. The van der Waals surface area contributed by atoms with Crippen LogP contribution in [0.15, 0.2) is 53.0 Å². The maximum atomic E-state index is 3.65. The Morgan fingerprint density at radius 2 is 1.74 bits per heavy atom. The third kappa shape index (κ3) is 4.08. The number of rotatable bonds is 5. The molecule has 2 aromatic carbocycles. The summed E-state index contributed by atoms with van der Waals surface area (Å²) in [5.74, 6) is 0. The summed E-state index contributed by atoms with van der Waals surface area (Å²) in [4.78, 5) is 2.29. The zero-order chi connectivity index (χ0) is 13.7. The molecule has 2 aromatic rings. The Kier molecular flexibility index (Phi) is 5.46. The summed E-state index contributed by atoms with van der Waals surface area (Å²) in [5, 5.41) is 0.889. The lowest BCUT2D eigenvalue weighted by Crippen LogP contribution is -2.20. The Morgan fingerprint density at radius 3 is 2.37 bits per heavy atom. The first-order valence-corrected chi connectivity index (χ1v) is 8.21. The van der Waals surface area contributed by atoms with Crippen LogP contribution in [0, 0.1) is 0 Å². The Hall–Kier alpha value is -0.800. The molecule has 100 valence electrons. The molecule has 0 aromatic heterocycles. The summed E-state index contributed by atoms with van der Waals surface area (Å²) in [6.45, 7) is 1.01. The van der Waals surface area contributed by atoms with Crippen LogP contribution in [0.2, 0.25) is 0 Å². The number of halogens is 2. The molecule has 0 saturated carbocycles. The van der Waals surface area contributed by atoms with Gasteiger partial charge in [-0.05, 0) is 45.6 Å². The van der Waals surface area contributed by atoms with E-state index in [0.29, 0.717) is 0 Å². The highest BCUT2D eigenvalue weighted by atomic mass is 79.9. The predicted molar refractivity (Wildman–Crippen MR) is 90.2 cm³/mol. The molecule has 0 aliphatic carbocycles. The first kappa shape index (κ1) is 14.6. The van der Waals surface area contributed by atoms with Crippen molar-refractivity contribution in [1.82, 2.24) is 0 Å². The predicted octanol–water partition coefficient (Wildman–Crippen LogP) is 5.02. The van der Waals surface area contributed by atoms with Crippen LogP contribution in [0.4, 0.5) is 5.69 Å². The maximum absolute atomic E-state index is 3.65. The molecule has 0 atom stereocenters. The van der Waals surface area contributed by atoms with E-state index in [1.54, 1.807) is 0 Å². The van der Waals surface area contributed by atoms with Crippen molar-refractivity contribution < 1.29 is 0 Å². The van der Waals surface area contributed by atoms with E-state index in [4.69, 9.17) is 0 Å². The largest absolute Gasteiger partial charge is 0.373 e. The first-order chi connectivity index (χ1) is 9.20. The molecule has 0 fully saturated rings. The van der Waals surface area contributed by atoms with Crippen molar-refractivity contribution in [2.45, 2.75) is 11.8 Å². The molecule has 0 radical (unpaired) electrons. The first-order valence-electron chi connectivity index (χ1n) is 6.30. The van der Waals surface area contributed by atoms with Gasteiger partial charge < -0.3 is 4.90 Å². The molecular weight excluding hydrogens is 366 g/mol. The van der Waals surface area contributed by atoms with Crippen molar-refractivity contribution in [3.63, 3.8) is 0 Å². The summed E-state index contributed by atoms with van der Waals surface area (Å²) >= 11 is 7.13. The van der Waals surface area contributed by atoms with Gasteiger partial charge in [0.1, 0.15) is 0 Å². The Morgan fingerprint density at radius 1 is 1.00 bits per heavy atom. The summed E-state index contributed by atoms with van der Waals surface area (Å²) < 4.78 is 1.15. The fourth-order valence-corrected chi connectivity index (χ4v) is 3.08. The second-order valence-corrected chi connectivity index (χ2v) is 5.99. The Bertz CT molecular complexity index is 526. The standard InChI is InChI=1S/C16H17Br2N/c1-19(10-9-13-5-3-2-4-6-13)16-8-7-14(12-17)11-15(16)18/h2-8,11H,9-10,12H2,1H3. The number of hydrogen-bond acceptors (Lipinski definition) is 1. The van der Waals surface area contributed by atoms with Crippen molar-refractivity contribution in [3.05, 3.63) is 64.1 Å². The van der Waals surface area contributed by atoms with Gasteiger partial charge >= 0.3 is 0 Å². The fraction of sp³-hybridized carbons (Fsp3) is 0.250. The van der Waals surface area contributed by atoms with Crippen molar-refractivity contribution in [2.75, 3.05) is 18.5 Å². The van der Waals surface area contributed by atoms with Gasteiger partial charge in [0.15, 0.2) is 0 Å². The lowest BCUT2D eigenvalue weighted by molar-refractivity contribution is 0.874. The van der Waals surface area contributed by atoms with Crippen molar-refractivity contribution in [2.24, 2.45) is 0 Å².